The number of ether oxygens (including phenoxy) is 3. The lowest BCUT2D eigenvalue weighted by Crippen LogP contribution is -2.55. The van der Waals surface area contributed by atoms with Crippen LogP contribution in [0.15, 0.2) is 18.2 Å². The number of hydrogen-bond donors (Lipinski definition) is 1. The van der Waals surface area contributed by atoms with Crippen LogP contribution in [0.1, 0.15) is 20.8 Å². The molecule has 3 rings (SSSR count). The lowest BCUT2D eigenvalue weighted by atomic mass is 9.89. The summed E-state index contributed by atoms with van der Waals surface area (Å²) in [6, 6.07) is 5.07. The molecule has 1 saturated heterocycles. The van der Waals surface area contributed by atoms with Crippen molar-refractivity contribution >= 4 is 23.6 Å². The van der Waals surface area contributed by atoms with Crippen molar-refractivity contribution in [1.29, 1.82) is 0 Å². The number of carbonyl (C=O) groups is 3. The molecule has 0 saturated carbocycles. The quantitative estimate of drug-likeness (QED) is 0.785. The Balaban J connectivity index is 1.59. The van der Waals surface area contributed by atoms with Crippen molar-refractivity contribution in [2.45, 2.75) is 20.8 Å². The third-order valence-corrected chi connectivity index (χ3v) is 4.83. The van der Waals surface area contributed by atoms with Gasteiger partial charge in [0.25, 0.3) is 0 Å². The van der Waals surface area contributed by atoms with Crippen LogP contribution < -0.4 is 14.8 Å². The van der Waals surface area contributed by atoms with Crippen molar-refractivity contribution < 1.29 is 28.6 Å². The number of rotatable bonds is 4. The number of carbonyl (C=O) groups excluding carboxylic acids is 3. The minimum atomic E-state index is -1.26. The number of nitrogens with zero attached hydrogens (tertiary/aromatic N) is 2. The molecule has 2 aliphatic rings. The van der Waals surface area contributed by atoms with Crippen LogP contribution in [0.3, 0.4) is 0 Å². The fourth-order valence-corrected chi connectivity index (χ4v) is 3.06. The van der Waals surface area contributed by atoms with E-state index in [4.69, 9.17) is 14.2 Å². The van der Waals surface area contributed by atoms with Gasteiger partial charge >= 0.3 is 6.09 Å². The molecule has 2 heterocycles. The zero-order chi connectivity index (χ0) is 20.3. The first-order chi connectivity index (χ1) is 13.3. The standard InChI is InChI=1S/C19H25N3O6/c1-4-26-18(25)22-9-7-21(8-10-22)17(24)19(2,3)16(23)20-13-5-6-14-15(11-13)28-12-27-14/h5-6,11H,4,7-10,12H2,1-3H3,(H,20,23). The Bertz CT molecular complexity index is 771. The molecule has 0 spiro atoms. The fraction of sp³-hybridized carbons (Fsp3) is 0.526. The van der Waals surface area contributed by atoms with E-state index in [9.17, 15) is 14.4 Å². The maximum absolute atomic E-state index is 12.9. The lowest BCUT2D eigenvalue weighted by Gasteiger charge is -2.37. The molecule has 28 heavy (non-hydrogen) atoms. The molecule has 9 nitrogen and oxygen atoms in total. The molecular weight excluding hydrogens is 366 g/mol. The van der Waals surface area contributed by atoms with Crippen LogP contribution in [-0.4, -0.2) is 67.3 Å². The predicted octanol–water partition coefficient (Wildman–Crippen LogP) is 1.68. The molecule has 1 aromatic rings. The molecule has 0 bridgehead atoms. The first-order valence-electron chi connectivity index (χ1n) is 9.25. The highest BCUT2D eigenvalue weighted by atomic mass is 16.7. The van der Waals surface area contributed by atoms with Gasteiger partial charge in [0.15, 0.2) is 11.5 Å². The highest BCUT2D eigenvalue weighted by Crippen LogP contribution is 2.34. The van der Waals surface area contributed by atoms with E-state index in [2.05, 4.69) is 5.32 Å². The van der Waals surface area contributed by atoms with Gasteiger partial charge in [0, 0.05) is 37.9 Å². The van der Waals surface area contributed by atoms with E-state index in [1.165, 1.54) is 0 Å². The summed E-state index contributed by atoms with van der Waals surface area (Å²) in [4.78, 5) is 40.6. The number of anilines is 1. The topological polar surface area (TPSA) is 97.4 Å². The van der Waals surface area contributed by atoms with Gasteiger partial charge in [0.05, 0.1) is 6.61 Å². The Kier molecular flexibility index (Phi) is 5.62. The molecule has 1 fully saturated rings. The number of piperazine rings is 1. The highest BCUT2D eigenvalue weighted by Gasteiger charge is 2.40. The van der Waals surface area contributed by atoms with Gasteiger partial charge in [-0.25, -0.2) is 4.79 Å². The summed E-state index contributed by atoms with van der Waals surface area (Å²) < 4.78 is 15.5. The minimum absolute atomic E-state index is 0.147. The van der Waals surface area contributed by atoms with Crippen LogP contribution in [0.2, 0.25) is 0 Å². The van der Waals surface area contributed by atoms with E-state index in [0.717, 1.165) is 0 Å². The zero-order valence-electron chi connectivity index (χ0n) is 16.3. The molecule has 2 aliphatic heterocycles. The molecule has 0 atom stereocenters. The molecular formula is C19H25N3O6. The van der Waals surface area contributed by atoms with E-state index in [1.54, 1.807) is 48.8 Å². The summed E-state index contributed by atoms with van der Waals surface area (Å²) >= 11 is 0. The van der Waals surface area contributed by atoms with Gasteiger partial charge in [-0.1, -0.05) is 0 Å². The smallest absolute Gasteiger partial charge is 0.409 e. The monoisotopic (exact) mass is 391 g/mol. The fourth-order valence-electron chi connectivity index (χ4n) is 3.06. The van der Waals surface area contributed by atoms with Gasteiger partial charge in [-0.2, -0.15) is 0 Å². The van der Waals surface area contributed by atoms with E-state index in [-0.39, 0.29) is 18.8 Å². The van der Waals surface area contributed by atoms with Crippen LogP contribution in [0, 0.1) is 5.41 Å². The molecule has 3 amide bonds. The summed E-state index contributed by atoms with van der Waals surface area (Å²) in [5.74, 6) is 0.475. The summed E-state index contributed by atoms with van der Waals surface area (Å²) in [5.41, 5.74) is -0.732. The van der Waals surface area contributed by atoms with Gasteiger partial charge in [-0.3, -0.25) is 9.59 Å². The minimum Gasteiger partial charge on any atom is -0.454 e. The predicted molar refractivity (Wildman–Crippen MR) is 100 cm³/mol. The van der Waals surface area contributed by atoms with Gasteiger partial charge in [-0.15, -0.1) is 0 Å². The second-order valence-electron chi connectivity index (χ2n) is 7.13. The number of nitrogens with one attached hydrogen (secondary N) is 1. The molecule has 9 heteroatoms. The van der Waals surface area contributed by atoms with Gasteiger partial charge in [-0.05, 0) is 32.9 Å². The zero-order valence-corrected chi connectivity index (χ0v) is 16.3. The van der Waals surface area contributed by atoms with Crippen LogP contribution in [-0.2, 0) is 14.3 Å². The average molecular weight is 391 g/mol. The van der Waals surface area contributed by atoms with Crippen LogP contribution in [0.5, 0.6) is 11.5 Å². The molecule has 1 aromatic carbocycles. The van der Waals surface area contributed by atoms with Gasteiger partial charge in [0.2, 0.25) is 18.6 Å². The largest absolute Gasteiger partial charge is 0.454 e. The molecule has 0 aromatic heterocycles. The maximum atomic E-state index is 12.9. The van der Waals surface area contributed by atoms with E-state index in [1.807, 2.05) is 0 Å². The summed E-state index contributed by atoms with van der Waals surface area (Å²) in [5, 5.41) is 2.77. The summed E-state index contributed by atoms with van der Waals surface area (Å²) in [6.07, 6.45) is -0.380. The number of fused-ring (bicyclic) bond motifs is 1. The van der Waals surface area contributed by atoms with Crippen molar-refractivity contribution in [3.05, 3.63) is 18.2 Å². The Hall–Kier alpha value is -2.97. The molecule has 152 valence electrons. The van der Waals surface area contributed by atoms with Crippen molar-refractivity contribution in [2.75, 3.05) is 44.9 Å². The molecule has 0 aliphatic carbocycles. The third-order valence-electron chi connectivity index (χ3n) is 4.83. The number of amides is 3. The van der Waals surface area contributed by atoms with Crippen LogP contribution in [0.25, 0.3) is 0 Å². The average Bonchev–Trinajstić information content (AvgIpc) is 3.15. The maximum Gasteiger partial charge on any atom is 0.409 e. The summed E-state index contributed by atoms with van der Waals surface area (Å²) in [6.45, 7) is 6.87. The molecule has 1 N–H and O–H groups in total. The first kappa shape index (κ1) is 19.8. The van der Waals surface area contributed by atoms with Crippen molar-refractivity contribution in [1.82, 2.24) is 9.80 Å². The van der Waals surface area contributed by atoms with Crippen molar-refractivity contribution in [2.24, 2.45) is 5.41 Å². The Labute approximate surface area is 163 Å². The Morgan fingerprint density at radius 3 is 2.39 bits per heavy atom. The Morgan fingerprint density at radius 1 is 1.07 bits per heavy atom. The van der Waals surface area contributed by atoms with Gasteiger partial charge < -0.3 is 29.3 Å². The van der Waals surface area contributed by atoms with Gasteiger partial charge in [0.1, 0.15) is 5.41 Å². The SMILES string of the molecule is CCOC(=O)N1CCN(C(=O)C(C)(C)C(=O)Nc2ccc3c(c2)OCO3)CC1. The van der Waals surface area contributed by atoms with Crippen LogP contribution in [0.4, 0.5) is 10.5 Å². The molecule has 0 radical (unpaired) electrons. The second kappa shape index (κ2) is 7.95. The van der Waals surface area contributed by atoms with E-state index < -0.39 is 11.3 Å². The van der Waals surface area contributed by atoms with Crippen LogP contribution >= 0.6 is 0 Å². The van der Waals surface area contributed by atoms with Crippen molar-refractivity contribution in [3.8, 4) is 11.5 Å². The molecule has 0 unspecified atom stereocenters. The van der Waals surface area contributed by atoms with Crippen molar-refractivity contribution in [3.63, 3.8) is 0 Å². The highest BCUT2D eigenvalue weighted by molar-refractivity contribution is 6.10. The van der Waals surface area contributed by atoms with E-state index >= 15 is 0 Å². The second-order valence-corrected chi connectivity index (χ2v) is 7.13. The number of hydrogen-bond acceptors (Lipinski definition) is 6. The summed E-state index contributed by atoms with van der Waals surface area (Å²) in [7, 11) is 0. The van der Waals surface area contributed by atoms with E-state index in [0.29, 0.717) is 50.0 Å². The number of benzene rings is 1. The normalized spacial score (nSPS) is 16.0. The lowest BCUT2D eigenvalue weighted by molar-refractivity contribution is -0.147. The first-order valence-corrected chi connectivity index (χ1v) is 9.25. The Morgan fingerprint density at radius 2 is 1.71 bits per heavy atom. The third kappa shape index (κ3) is 3.97.